The van der Waals surface area contributed by atoms with Crippen LogP contribution in [0.25, 0.3) is 0 Å². The molecule has 0 saturated heterocycles. The molecule has 0 radical (unpaired) electrons. The third kappa shape index (κ3) is 46.7. The highest BCUT2D eigenvalue weighted by molar-refractivity contribution is 7.47. The van der Waals surface area contributed by atoms with Crippen molar-refractivity contribution < 1.29 is 32.9 Å². The maximum Gasteiger partial charge on any atom is 0.472 e. The minimum absolute atomic E-state index is 0.0723. The minimum atomic E-state index is -4.32. The summed E-state index contributed by atoms with van der Waals surface area (Å²) in [5.41, 5.74) is 0. The van der Waals surface area contributed by atoms with Crippen LogP contribution in [-0.4, -0.2) is 73.4 Å². The van der Waals surface area contributed by atoms with Crippen LogP contribution in [0.5, 0.6) is 0 Å². The van der Waals surface area contributed by atoms with E-state index < -0.39 is 20.0 Å². The van der Waals surface area contributed by atoms with E-state index in [1.807, 2.05) is 21.1 Å². The van der Waals surface area contributed by atoms with Gasteiger partial charge in [-0.3, -0.25) is 13.8 Å². The second kappa shape index (κ2) is 44.9. The van der Waals surface area contributed by atoms with Gasteiger partial charge in [0.1, 0.15) is 13.2 Å². The quantitative estimate of drug-likeness (QED) is 0.0243. The van der Waals surface area contributed by atoms with Gasteiger partial charge in [0.2, 0.25) is 5.91 Å². The number of phosphoric ester groups is 1. The highest BCUT2D eigenvalue weighted by atomic mass is 31.2. The molecule has 0 aromatic carbocycles. The number of hydrogen-bond acceptors (Lipinski definition) is 5. The molecule has 3 atom stereocenters. The van der Waals surface area contributed by atoms with Crippen molar-refractivity contribution in [2.75, 3.05) is 40.9 Å². The molecule has 9 heteroatoms. The lowest BCUT2D eigenvalue weighted by molar-refractivity contribution is -0.870. The smallest absolute Gasteiger partial charge is 0.391 e. The van der Waals surface area contributed by atoms with Crippen LogP contribution in [0.1, 0.15) is 245 Å². The number of carbonyl (C=O) groups excluding carboxylic acids is 1. The van der Waals surface area contributed by atoms with Crippen LogP contribution in [0.4, 0.5) is 0 Å². The number of unbranched alkanes of at least 4 members (excludes halogenated alkanes) is 29. The number of allylic oxidation sites excluding steroid dienone is 6. The minimum Gasteiger partial charge on any atom is -0.391 e. The molecular weight excluding hydrogens is 792 g/mol. The monoisotopic (exact) mass is 896 g/mol. The van der Waals surface area contributed by atoms with Crippen molar-refractivity contribution in [3.05, 3.63) is 36.5 Å². The van der Waals surface area contributed by atoms with Gasteiger partial charge >= 0.3 is 7.82 Å². The number of phosphoric acid groups is 1. The molecule has 0 spiro atoms. The molecule has 3 unspecified atom stereocenters. The molecule has 62 heavy (non-hydrogen) atoms. The molecule has 366 valence electrons. The average Bonchev–Trinajstić information content (AvgIpc) is 3.23. The van der Waals surface area contributed by atoms with Gasteiger partial charge in [-0.05, 0) is 44.9 Å². The maximum absolute atomic E-state index is 12.9. The molecule has 0 saturated carbocycles. The van der Waals surface area contributed by atoms with E-state index in [1.54, 1.807) is 0 Å². The Kier molecular flexibility index (Phi) is 44.0. The van der Waals surface area contributed by atoms with E-state index in [4.69, 9.17) is 9.05 Å². The van der Waals surface area contributed by atoms with Gasteiger partial charge in [0, 0.05) is 6.42 Å². The first-order valence-electron chi connectivity index (χ1n) is 26.4. The number of hydrogen-bond donors (Lipinski definition) is 3. The number of aliphatic hydroxyl groups excluding tert-OH is 1. The number of nitrogens with one attached hydrogen (secondary N) is 1. The van der Waals surface area contributed by atoms with Gasteiger partial charge < -0.3 is 19.8 Å². The summed E-state index contributed by atoms with van der Waals surface area (Å²) in [7, 11) is 1.61. The number of aliphatic hydroxyl groups is 1. The predicted molar refractivity (Wildman–Crippen MR) is 268 cm³/mol. The van der Waals surface area contributed by atoms with Crippen LogP contribution >= 0.6 is 7.82 Å². The Morgan fingerprint density at radius 2 is 0.968 bits per heavy atom. The molecule has 0 aromatic rings. The third-order valence-corrected chi connectivity index (χ3v) is 12.9. The summed E-state index contributed by atoms with van der Waals surface area (Å²) in [5, 5.41) is 14.0. The van der Waals surface area contributed by atoms with Crippen LogP contribution in [0.15, 0.2) is 36.5 Å². The Hall–Kier alpha value is -1.28. The Balaban J connectivity index is 4.22. The van der Waals surface area contributed by atoms with Crippen molar-refractivity contribution in [1.82, 2.24) is 5.32 Å². The number of nitrogens with zero attached hydrogens (tertiary/aromatic N) is 1. The SMILES string of the molecule is CC/C=C\C/C=C\C/C=C\CCCCCCCCCC(=O)NC(COP(=O)(O)OCC[N+](C)(C)C)C(O)CCCCCCCCCCCCCCCCCCCCCCCCC. The van der Waals surface area contributed by atoms with E-state index >= 15 is 0 Å². The maximum atomic E-state index is 12.9. The lowest BCUT2D eigenvalue weighted by Crippen LogP contribution is -2.46. The molecular formula is C53H104N2O6P+. The molecule has 0 rings (SSSR count). The number of carbonyl (C=O) groups is 1. The zero-order valence-corrected chi connectivity index (χ0v) is 42.5. The largest absolute Gasteiger partial charge is 0.472 e. The van der Waals surface area contributed by atoms with Crippen molar-refractivity contribution in [2.24, 2.45) is 0 Å². The van der Waals surface area contributed by atoms with Crippen LogP contribution < -0.4 is 5.32 Å². The Bertz CT molecular complexity index is 1110. The number of rotatable bonds is 48. The molecule has 0 aliphatic heterocycles. The molecule has 0 aliphatic rings. The number of likely N-dealkylation sites (N-methyl/N-ethyl adjacent to an activating group) is 1. The first-order chi connectivity index (χ1) is 30.0. The van der Waals surface area contributed by atoms with E-state index in [0.717, 1.165) is 64.2 Å². The van der Waals surface area contributed by atoms with Gasteiger partial charge in [0.25, 0.3) is 0 Å². The summed E-state index contributed by atoms with van der Waals surface area (Å²) in [5.74, 6) is -0.153. The number of quaternary nitrogens is 1. The zero-order valence-electron chi connectivity index (χ0n) is 41.6. The van der Waals surface area contributed by atoms with Gasteiger partial charge in [-0.25, -0.2) is 4.57 Å². The van der Waals surface area contributed by atoms with E-state index in [0.29, 0.717) is 23.9 Å². The van der Waals surface area contributed by atoms with Gasteiger partial charge in [-0.2, -0.15) is 0 Å². The predicted octanol–water partition coefficient (Wildman–Crippen LogP) is 15.4. The van der Waals surface area contributed by atoms with Crippen LogP contribution in [-0.2, 0) is 18.4 Å². The average molecular weight is 896 g/mol. The molecule has 3 N–H and O–H groups in total. The Morgan fingerprint density at radius 1 is 0.565 bits per heavy atom. The fourth-order valence-electron chi connectivity index (χ4n) is 7.77. The molecule has 8 nitrogen and oxygen atoms in total. The van der Waals surface area contributed by atoms with Crippen molar-refractivity contribution in [2.45, 2.75) is 257 Å². The highest BCUT2D eigenvalue weighted by Gasteiger charge is 2.28. The summed E-state index contributed by atoms with van der Waals surface area (Å²) >= 11 is 0. The summed E-state index contributed by atoms with van der Waals surface area (Å²) in [6.07, 6.45) is 56.1. The molecule has 0 fully saturated rings. The lowest BCUT2D eigenvalue weighted by Gasteiger charge is -2.26. The first-order valence-corrected chi connectivity index (χ1v) is 27.8. The molecule has 0 aliphatic carbocycles. The summed E-state index contributed by atoms with van der Waals surface area (Å²) in [6, 6.07) is -0.766. The summed E-state index contributed by atoms with van der Waals surface area (Å²) in [4.78, 5) is 23.3. The molecule has 1 amide bonds. The van der Waals surface area contributed by atoms with E-state index in [1.165, 1.54) is 154 Å². The molecule has 0 aromatic heterocycles. The normalized spacial score (nSPS) is 14.4. The van der Waals surface area contributed by atoms with E-state index in [9.17, 15) is 19.4 Å². The lowest BCUT2D eigenvalue weighted by atomic mass is 10.0. The van der Waals surface area contributed by atoms with Crippen molar-refractivity contribution in [1.29, 1.82) is 0 Å². The van der Waals surface area contributed by atoms with E-state index in [2.05, 4.69) is 55.6 Å². The van der Waals surface area contributed by atoms with Gasteiger partial charge in [0.05, 0.1) is 39.9 Å². The summed E-state index contributed by atoms with van der Waals surface area (Å²) in [6.45, 7) is 4.79. The Labute approximate surface area is 385 Å². The molecule has 0 bridgehead atoms. The third-order valence-electron chi connectivity index (χ3n) is 11.9. The van der Waals surface area contributed by atoms with Crippen molar-refractivity contribution >= 4 is 13.7 Å². The fraction of sp³-hybridized carbons (Fsp3) is 0.868. The number of amides is 1. The second-order valence-electron chi connectivity index (χ2n) is 19.2. The zero-order chi connectivity index (χ0) is 45.7. The van der Waals surface area contributed by atoms with Crippen LogP contribution in [0, 0.1) is 0 Å². The van der Waals surface area contributed by atoms with Crippen molar-refractivity contribution in [3.8, 4) is 0 Å². The van der Waals surface area contributed by atoms with Gasteiger partial charge in [-0.15, -0.1) is 0 Å². The van der Waals surface area contributed by atoms with Crippen LogP contribution in [0.3, 0.4) is 0 Å². The molecule has 0 heterocycles. The van der Waals surface area contributed by atoms with Gasteiger partial charge in [0.15, 0.2) is 0 Å². The highest BCUT2D eigenvalue weighted by Crippen LogP contribution is 2.43. The summed E-state index contributed by atoms with van der Waals surface area (Å²) < 4.78 is 23.7. The van der Waals surface area contributed by atoms with Crippen LogP contribution in [0.2, 0.25) is 0 Å². The first kappa shape index (κ1) is 60.7. The van der Waals surface area contributed by atoms with E-state index in [-0.39, 0.29) is 19.1 Å². The van der Waals surface area contributed by atoms with Gasteiger partial charge in [-0.1, -0.05) is 230 Å². The fourth-order valence-corrected chi connectivity index (χ4v) is 8.50. The second-order valence-corrected chi connectivity index (χ2v) is 20.7. The Morgan fingerprint density at radius 3 is 1.42 bits per heavy atom. The standard InChI is InChI=1S/C53H103N2O6P/c1-6-8-10-12-14-16-18-20-22-24-25-26-27-28-29-31-32-34-36-38-40-42-44-46-52(56)51(50-61-62(58,59)60-49-48-55(3,4)5)54-53(57)47-45-43-41-39-37-35-33-30-23-21-19-17-15-13-11-9-7-2/h9,11,15,17,21,23,51-52,56H,6-8,10,12-14,16,18-20,22,24-50H2,1-5H3,(H-,54,57,58,59)/p+1/b11-9-,17-15-,23-21-. The van der Waals surface area contributed by atoms with Crippen molar-refractivity contribution in [3.63, 3.8) is 0 Å². The topological polar surface area (TPSA) is 105 Å².